The van der Waals surface area contributed by atoms with Crippen LogP contribution in [0.25, 0.3) is 0 Å². The van der Waals surface area contributed by atoms with E-state index in [0.29, 0.717) is 23.7 Å². The van der Waals surface area contributed by atoms with E-state index in [0.717, 1.165) is 22.8 Å². The van der Waals surface area contributed by atoms with Crippen LogP contribution in [0.1, 0.15) is 113 Å². The van der Waals surface area contributed by atoms with Crippen molar-refractivity contribution in [1.82, 2.24) is 4.98 Å². The molecule has 1 radical (unpaired) electrons. The number of benzene rings is 2. The molecule has 3 nitrogen and oxygen atoms in total. The predicted octanol–water partition coefficient (Wildman–Crippen LogP) is 9.07. The Morgan fingerprint density at radius 2 is 0.800 bits per heavy atom. The van der Waals surface area contributed by atoms with Gasteiger partial charge in [0.2, 0.25) is 0 Å². The minimum Gasteiger partial charge on any atom is -0.254 e. The zero-order valence-corrected chi connectivity index (χ0v) is 23.4. The molecule has 35 heavy (non-hydrogen) atoms. The first kappa shape index (κ1) is 28.7. The van der Waals surface area contributed by atoms with Crippen LogP contribution in [0.2, 0.25) is 0 Å². The largest absolute Gasteiger partial charge is 0.254 e. The number of pyridine rings is 1. The topological polar surface area (TPSA) is 37.6 Å². The fraction of sp³-hybridized carbons (Fsp3) is 0.387. The van der Waals surface area contributed by atoms with E-state index in [1.165, 1.54) is 22.3 Å². The molecule has 0 unspecified atom stereocenters. The van der Waals surface area contributed by atoms with Crippen molar-refractivity contribution in [2.24, 2.45) is 9.98 Å². The number of rotatable bonds is 8. The number of nitrogens with zero attached hydrogens (tertiary/aromatic N) is 3. The Labute approximate surface area is 222 Å². The maximum Gasteiger partial charge on any atom is 0.0820 e. The molecule has 0 N–H and O–H groups in total. The first-order valence-electron chi connectivity index (χ1n) is 12.5. The minimum absolute atomic E-state index is 0. The minimum atomic E-state index is 0. The second-order valence-electron chi connectivity index (χ2n) is 10.2. The Morgan fingerprint density at radius 1 is 0.514 bits per heavy atom. The van der Waals surface area contributed by atoms with Gasteiger partial charge in [-0.3, -0.25) is 9.98 Å². The first-order chi connectivity index (χ1) is 16.2. The van der Waals surface area contributed by atoms with Crippen molar-refractivity contribution in [1.29, 1.82) is 0 Å². The molecule has 0 saturated heterocycles. The van der Waals surface area contributed by atoms with Crippen LogP contribution < -0.4 is 0 Å². The summed E-state index contributed by atoms with van der Waals surface area (Å²) in [6.07, 6.45) is 3.76. The third-order valence-electron chi connectivity index (χ3n) is 6.13. The van der Waals surface area contributed by atoms with E-state index in [-0.39, 0.29) is 16.8 Å². The number of hydrogen-bond acceptors (Lipinski definition) is 3. The van der Waals surface area contributed by atoms with Gasteiger partial charge < -0.3 is 0 Å². The summed E-state index contributed by atoms with van der Waals surface area (Å²) in [5.41, 5.74) is 8.88. The molecule has 0 aliphatic heterocycles. The molecule has 0 aliphatic rings. The molecule has 0 saturated carbocycles. The van der Waals surface area contributed by atoms with Gasteiger partial charge in [0.1, 0.15) is 0 Å². The standard InChI is InChI=1S/C31H39N3.Co/c1-20(2)26-14-10-15-27(21(3)4)30(26)32-18-24-12-9-13-25(34-24)19-33-31-28(22(5)6)16-11-17-29(31)23(7)8;/h9-23H,1-8H3;. The summed E-state index contributed by atoms with van der Waals surface area (Å²) in [7, 11) is 0. The monoisotopic (exact) mass is 512 g/mol. The molecule has 187 valence electrons. The molecule has 0 fully saturated rings. The maximum absolute atomic E-state index is 4.92. The van der Waals surface area contributed by atoms with E-state index in [2.05, 4.69) is 91.8 Å². The maximum atomic E-state index is 4.92. The second-order valence-corrected chi connectivity index (χ2v) is 10.2. The summed E-state index contributed by atoms with van der Waals surface area (Å²) in [5.74, 6) is 1.64. The van der Waals surface area contributed by atoms with Gasteiger partial charge in [-0.15, -0.1) is 0 Å². The molecule has 1 aromatic heterocycles. The van der Waals surface area contributed by atoms with E-state index < -0.39 is 0 Å². The van der Waals surface area contributed by atoms with E-state index in [4.69, 9.17) is 15.0 Å². The molecule has 1 heterocycles. The van der Waals surface area contributed by atoms with Crippen molar-refractivity contribution in [3.05, 3.63) is 88.2 Å². The zero-order valence-electron chi connectivity index (χ0n) is 22.3. The third-order valence-corrected chi connectivity index (χ3v) is 6.13. The van der Waals surface area contributed by atoms with Crippen LogP contribution in [-0.2, 0) is 16.8 Å². The Kier molecular flexibility index (Phi) is 10.6. The Balaban J connectivity index is 0.00000432. The number of para-hydroxylation sites is 2. The average Bonchev–Trinajstić information content (AvgIpc) is 2.80. The van der Waals surface area contributed by atoms with E-state index in [9.17, 15) is 0 Å². The number of aliphatic imine (C=N–C) groups is 2. The summed E-state index contributed by atoms with van der Waals surface area (Å²) >= 11 is 0. The van der Waals surface area contributed by atoms with Crippen LogP contribution in [-0.4, -0.2) is 17.4 Å². The predicted molar refractivity (Wildman–Crippen MR) is 148 cm³/mol. The number of aromatic nitrogens is 1. The van der Waals surface area contributed by atoms with Gasteiger partial charge in [0.25, 0.3) is 0 Å². The molecular formula is C31H39CoN3. The van der Waals surface area contributed by atoms with Crippen LogP contribution >= 0.6 is 0 Å². The molecule has 0 bridgehead atoms. The van der Waals surface area contributed by atoms with Crippen LogP contribution in [0.3, 0.4) is 0 Å². The van der Waals surface area contributed by atoms with Crippen LogP contribution in [0.4, 0.5) is 11.4 Å². The van der Waals surface area contributed by atoms with Crippen LogP contribution in [0, 0.1) is 0 Å². The van der Waals surface area contributed by atoms with Crippen molar-refractivity contribution >= 4 is 23.8 Å². The molecule has 3 rings (SSSR count). The van der Waals surface area contributed by atoms with Gasteiger partial charge in [-0.05, 0) is 58.1 Å². The molecule has 0 atom stereocenters. The van der Waals surface area contributed by atoms with E-state index >= 15 is 0 Å². The van der Waals surface area contributed by atoms with Crippen molar-refractivity contribution < 1.29 is 16.8 Å². The molecule has 0 aliphatic carbocycles. The SMILES string of the molecule is CC(C)c1cccc(C(C)C)c1N=Cc1cccc(C=Nc2c(C(C)C)cccc2C(C)C)n1.[Co]. The summed E-state index contributed by atoms with van der Waals surface area (Å²) in [6, 6.07) is 19.0. The van der Waals surface area contributed by atoms with Gasteiger partial charge in [0, 0.05) is 16.8 Å². The molecule has 4 heteroatoms. The Hall–Kier alpha value is -2.56. The van der Waals surface area contributed by atoms with Crippen molar-refractivity contribution in [2.45, 2.75) is 79.1 Å². The van der Waals surface area contributed by atoms with Crippen LogP contribution in [0.5, 0.6) is 0 Å². The van der Waals surface area contributed by atoms with Crippen molar-refractivity contribution in [3.8, 4) is 0 Å². The fourth-order valence-corrected chi connectivity index (χ4v) is 4.20. The molecular weight excluding hydrogens is 473 g/mol. The smallest absolute Gasteiger partial charge is 0.0820 e. The van der Waals surface area contributed by atoms with E-state index in [1.807, 2.05) is 30.6 Å². The van der Waals surface area contributed by atoms with Gasteiger partial charge in [-0.1, -0.05) is 97.9 Å². The van der Waals surface area contributed by atoms with Gasteiger partial charge in [-0.25, -0.2) is 4.98 Å². The van der Waals surface area contributed by atoms with Crippen molar-refractivity contribution in [3.63, 3.8) is 0 Å². The number of hydrogen-bond donors (Lipinski definition) is 0. The average molecular weight is 513 g/mol. The van der Waals surface area contributed by atoms with Gasteiger partial charge in [0.15, 0.2) is 0 Å². The summed E-state index contributed by atoms with van der Waals surface area (Å²) in [5, 5.41) is 0. The normalized spacial score (nSPS) is 12.0. The van der Waals surface area contributed by atoms with E-state index in [1.54, 1.807) is 0 Å². The quantitative estimate of drug-likeness (QED) is 0.277. The second kappa shape index (κ2) is 12.9. The molecule has 0 amide bonds. The summed E-state index contributed by atoms with van der Waals surface area (Å²) in [4.78, 5) is 14.6. The van der Waals surface area contributed by atoms with Crippen LogP contribution in [0.15, 0.2) is 64.6 Å². The van der Waals surface area contributed by atoms with Crippen molar-refractivity contribution in [2.75, 3.05) is 0 Å². The summed E-state index contributed by atoms with van der Waals surface area (Å²) in [6.45, 7) is 17.7. The zero-order chi connectivity index (χ0) is 24.8. The third kappa shape index (κ3) is 7.22. The Bertz CT molecular complexity index is 1030. The molecule has 0 spiro atoms. The first-order valence-corrected chi connectivity index (χ1v) is 12.5. The molecule has 2 aromatic carbocycles. The van der Waals surface area contributed by atoms with Gasteiger partial charge in [0.05, 0.1) is 35.2 Å². The fourth-order valence-electron chi connectivity index (χ4n) is 4.20. The Morgan fingerprint density at radius 3 is 1.09 bits per heavy atom. The van der Waals surface area contributed by atoms with Gasteiger partial charge >= 0.3 is 0 Å². The molecule has 3 aromatic rings. The summed E-state index contributed by atoms with van der Waals surface area (Å²) < 4.78 is 0. The van der Waals surface area contributed by atoms with Gasteiger partial charge in [-0.2, -0.15) is 0 Å².